The Bertz CT molecular complexity index is 1150. The zero-order chi connectivity index (χ0) is 21.7. The minimum atomic E-state index is -4.86. The van der Waals surface area contributed by atoms with E-state index >= 15 is 0 Å². The molecule has 1 aliphatic heterocycles. The topological polar surface area (TPSA) is 67.2 Å². The molecule has 4 rings (SSSR count). The highest BCUT2D eigenvalue weighted by atomic mass is 35.5. The Morgan fingerprint density at radius 1 is 1.33 bits per heavy atom. The SMILES string of the molecule is CN1C(=O)Nc2cc(Cn3cnccc3=O)c(Cl)cc2C1(C#CC1CC1)C(F)(F)F. The molecule has 30 heavy (non-hydrogen) atoms. The number of anilines is 1. The first-order valence-electron chi connectivity index (χ1n) is 9.11. The van der Waals surface area contributed by atoms with Gasteiger partial charge in [-0.05, 0) is 30.5 Å². The average Bonchev–Trinajstić information content (AvgIpc) is 3.49. The van der Waals surface area contributed by atoms with Crippen molar-refractivity contribution >= 4 is 23.3 Å². The van der Waals surface area contributed by atoms with Gasteiger partial charge < -0.3 is 5.32 Å². The standard InChI is InChI=1S/C20H16ClF3N4O2/c1-27-18(30)26-16-8-13(10-28-11-25-7-5-17(28)29)15(21)9-14(16)19(27,20(22,23)24)6-4-12-2-3-12/h5,7-9,11-12H,2-3,10H2,1H3,(H,26,30). The molecule has 6 nitrogen and oxygen atoms in total. The molecule has 1 unspecified atom stereocenters. The Balaban J connectivity index is 1.88. The summed E-state index contributed by atoms with van der Waals surface area (Å²) in [5.41, 5.74) is -3.10. The van der Waals surface area contributed by atoms with Crippen LogP contribution in [0.5, 0.6) is 0 Å². The van der Waals surface area contributed by atoms with Crippen molar-refractivity contribution in [2.45, 2.75) is 31.1 Å². The molecule has 1 fully saturated rings. The van der Waals surface area contributed by atoms with Crippen LogP contribution < -0.4 is 10.9 Å². The van der Waals surface area contributed by atoms with Crippen LogP contribution in [0.25, 0.3) is 0 Å². The summed E-state index contributed by atoms with van der Waals surface area (Å²) in [6.45, 7) is -0.0166. The van der Waals surface area contributed by atoms with Crippen molar-refractivity contribution in [1.29, 1.82) is 0 Å². The number of hydrogen-bond donors (Lipinski definition) is 1. The molecule has 1 saturated carbocycles. The normalized spacial score (nSPS) is 20.8. The number of urea groups is 1. The van der Waals surface area contributed by atoms with E-state index in [9.17, 15) is 22.8 Å². The van der Waals surface area contributed by atoms with Gasteiger partial charge in [-0.2, -0.15) is 13.2 Å². The fourth-order valence-electron chi connectivity index (χ4n) is 3.35. The molecule has 0 spiro atoms. The second kappa shape index (κ2) is 7.06. The van der Waals surface area contributed by atoms with Crippen LogP contribution in [0.1, 0.15) is 24.0 Å². The Morgan fingerprint density at radius 3 is 2.70 bits per heavy atom. The molecule has 2 heterocycles. The summed E-state index contributed by atoms with van der Waals surface area (Å²) in [4.78, 5) is 28.8. The highest BCUT2D eigenvalue weighted by Gasteiger charge is 2.62. The van der Waals surface area contributed by atoms with Crippen LogP contribution in [-0.4, -0.2) is 33.7 Å². The minimum absolute atomic E-state index is 0.0166. The molecule has 0 saturated heterocycles. The van der Waals surface area contributed by atoms with E-state index in [1.54, 1.807) is 0 Å². The first kappa shape index (κ1) is 20.3. The Kier molecular flexibility index (Phi) is 4.77. The summed E-state index contributed by atoms with van der Waals surface area (Å²) < 4.78 is 44.4. The van der Waals surface area contributed by atoms with Crippen LogP contribution in [0.15, 0.2) is 35.5 Å². The third-order valence-electron chi connectivity index (χ3n) is 5.20. The fraction of sp³-hybridized carbons (Fsp3) is 0.350. The zero-order valence-electron chi connectivity index (χ0n) is 15.8. The maximum Gasteiger partial charge on any atom is 0.427 e. The number of benzene rings is 1. The van der Waals surface area contributed by atoms with E-state index in [4.69, 9.17) is 11.6 Å². The van der Waals surface area contributed by atoms with Gasteiger partial charge in [0.25, 0.3) is 5.56 Å². The van der Waals surface area contributed by atoms with E-state index < -0.39 is 17.7 Å². The second-order valence-electron chi connectivity index (χ2n) is 7.28. The van der Waals surface area contributed by atoms with Crippen molar-refractivity contribution in [1.82, 2.24) is 14.5 Å². The predicted octanol–water partition coefficient (Wildman–Crippen LogP) is 3.59. The molecule has 1 atom stereocenters. The Morgan fingerprint density at radius 2 is 2.07 bits per heavy atom. The summed E-state index contributed by atoms with van der Waals surface area (Å²) >= 11 is 6.32. The number of nitrogens with one attached hydrogen (secondary N) is 1. The van der Waals surface area contributed by atoms with Gasteiger partial charge in [0.15, 0.2) is 0 Å². The van der Waals surface area contributed by atoms with E-state index in [2.05, 4.69) is 22.1 Å². The average molecular weight is 437 g/mol. The van der Waals surface area contributed by atoms with E-state index in [0.29, 0.717) is 10.5 Å². The number of aromatic nitrogens is 2. The van der Waals surface area contributed by atoms with Gasteiger partial charge in [0.2, 0.25) is 5.54 Å². The number of fused-ring (bicyclic) bond motifs is 1. The predicted molar refractivity (Wildman–Crippen MR) is 104 cm³/mol. The molecule has 156 valence electrons. The third kappa shape index (κ3) is 3.31. The smallest absolute Gasteiger partial charge is 0.307 e. The van der Waals surface area contributed by atoms with Gasteiger partial charge in [0.05, 0.1) is 12.9 Å². The molecule has 0 radical (unpaired) electrons. The number of rotatable bonds is 2. The Hall–Kier alpha value is -2.99. The largest absolute Gasteiger partial charge is 0.427 e. The van der Waals surface area contributed by atoms with E-state index in [1.165, 1.54) is 35.3 Å². The first-order valence-corrected chi connectivity index (χ1v) is 9.49. The van der Waals surface area contributed by atoms with Crippen LogP contribution in [-0.2, 0) is 12.1 Å². The lowest BCUT2D eigenvalue weighted by molar-refractivity contribution is -0.203. The number of carbonyl (C=O) groups excluding carboxylic acids is 1. The summed E-state index contributed by atoms with van der Waals surface area (Å²) in [7, 11) is 1.06. The molecule has 1 aromatic carbocycles. The molecular formula is C20H16ClF3N4O2. The van der Waals surface area contributed by atoms with E-state index in [-0.39, 0.29) is 34.3 Å². The third-order valence-corrected chi connectivity index (χ3v) is 5.56. The summed E-state index contributed by atoms with van der Waals surface area (Å²) in [5, 5.41) is 2.49. The number of carbonyl (C=O) groups is 1. The van der Waals surface area contributed by atoms with E-state index in [0.717, 1.165) is 19.9 Å². The second-order valence-corrected chi connectivity index (χ2v) is 7.68. The molecule has 0 bridgehead atoms. The maximum absolute atomic E-state index is 14.4. The Labute approximate surface area is 174 Å². The van der Waals surface area contributed by atoms with Gasteiger partial charge in [-0.25, -0.2) is 9.78 Å². The van der Waals surface area contributed by atoms with Gasteiger partial charge in [0.1, 0.15) is 0 Å². The summed E-state index contributed by atoms with van der Waals surface area (Å²) in [6.07, 6.45) is -0.751. The molecule has 2 aromatic rings. The lowest BCUT2D eigenvalue weighted by Crippen LogP contribution is -2.59. The molecule has 10 heteroatoms. The summed E-state index contributed by atoms with van der Waals surface area (Å²) in [6, 6.07) is 2.84. The van der Waals surface area contributed by atoms with Gasteiger partial charge in [-0.1, -0.05) is 23.4 Å². The summed E-state index contributed by atoms with van der Waals surface area (Å²) in [5.74, 6) is 4.90. The fourth-order valence-corrected chi connectivity index (χ4v) is 3.58. The molecule has 1 N–H and O–H groups in total. The van der Waals surface area contributed by atoms with Crippen LogP contribution in [0, 0.1) is 17.8 Å². The molecule has 1 aliphatic carbocycles. The van der Waals surface area contributed by atoms with Crippen molar-refractivity contribution in [3.8, 4) is 11.8 Å². The number of halogens is 4. The lowest BCUT2D eigenvalue weighted by atomic mass is 9.84. The van der Waals surface area contributed by atoms with Gasteiger partial charge in [-0.15, -0.1) is 0 Å². The molecule has 2 aliphatic rings. The first-order chi connectivity index (χ1) is 14.1. The monoisotopic (exact) mass is 436 g/mol. The van der Waals surface area contributed by atoms with Crippen LogP contribution in [0.2, 0.25) is 5.02 Å². The van der Waals surface area contributed by atoms with Gasteiger partial charge >= 0.3 is 12.2 Å². The van der Waals surface area contributed by atoms with Gasteiger partial charge in [-0.3, -0.25) is 14.3 Å². The number of amides is 2. The minimum Gasteiger partial charge on any atom is -0.307 e. The van der Waals surface area contributed by atoms with Gasteiger partial charge in [0, 0.05) is 41.5 Å². The van der Waals surface area contributed by atoms with Crippen molar-refractivity contribution < 1.29 is 18.0 Å². The van der Waals surface area contributed by atoms with Crippen LogP contribution in [0.3, 0.4) is 0 Å². The highest BCUT2D eigenvalue weighted by Crippen LogP contribution is 2.49. The van der Waals surface area contributed by atoms with Crippen molar-refractivity contribution in [3.63, 3.8) is 0 Å². The van der Waals surface area contributed by atoms with Crippen molar-refractivity contribution in [2.24, 2.45) is 5.92 Å². The molecule has 2 amide bonds. The molecular weight excluding hydrogens is 421 g/mol. The number of alkyl halides is 3. The lowest BCUT2D eigenvalue weighted by Gasteiger charge is -2.43. The highest BCUT2D eigenvalue weighted by molar-refractivity contribution is 6.31. The quantitative estimate of drug-likeness (QED) is 0.731. The zero-order valence-corrected chi connectivity index (χ0v) is 16.5. The number of nitrogens with zero attached hydrogens (tertiary/aromatic N) is 3. The van der Waals surface area contributed by atoms with Crippen molar-refractivity contribution in [2.75, 3.05) is 12.4 Å². The van der Waals surface area contributed by atoms with Crippen molar-refractivity contribution in [3.05, 3.63) is 57.2 Å². The molecule has 1 aromatic heterocycles. The van der Waals surface area contributed by atoms with Crippen LogP contribution in [0.4, 0.5) is 23.7 Å². The van der Waals surface area contributed by atoms with E-state index in [1.807, 2.05) is 0 Å². The maximum atomic E-state index is 14.4. The van der Waals surface area contributed by atoms with Crippen LogP contribution >= 0.6 is 11.6 Å². The number of hydrogen-bond acceptors (Lipinski definition) is 3.